The average Bonchev–Trinajstić information content (AvgIpc) is 3.54. The number of aryl methyl sites for hydroxylation is 1. The number of hydrogen-bond acceptors (Lipinski definition) is 5. The Hall–Kier alpha value is -3.00. The number of aromatic nitrogens is 2. The first-order valence-electron chi connectivity index (χ1n) is 11.3. The molecule has 0 unspecified atom stereocenters. The quantitative estimate of drug-likeness (QED) is 0.564. The van der Waals surface area contributed by atoms with Gasteiger partial charge in [0.05, 0.1) is 22.4 Å². The van der Waals surface area contributed by atoms with E-state index in [1.807, 2.05) is 18.2 Å². The number of rotatable bonds is 6. The van der Waals surface area contributed by atoms with Crippen LogP contribution in [0, 0.1) is 0 Å². The highest BCUT2D eigenvalue weighted by Crippen LogP contribution is 2.33. The summed E-state index contributed by atoms with van der Waals surface area (Å²) >= 11 is 0. The summed E-state index contributed by atoms with van der Waals surface area (Å²) in [6, 6.07) is 5.65. The fourth-order valence-electron chi connectivity index (χ4n) is 4.77. The summed E-state index contributed by atoms with van der Waals surface area (Å²) in [6.45, 7) is 6.95. The van der Waals surface area contributed by atoms with Crippen LogP contribution in [0.4, 0.5) is 11.4 Å². The molecule has 2 saturated heterocycles. The zero-order valence-electron chi connectivity index (χ0n) is 17.9. The number of benzene rings is 1. The van der Waals surface area contributed by atoms with E-state index >= 15 is 0 Å². The van der Waals surface area contributed by atoms with Crippen LogP contribution in [0.15, 0.2) is 27.4 Å². The Bertz CT molecular complexity index is 1150. The zero-order valence-corrected chi connectivity index (χ0v) is 17.9. The highest BCUT2D eigenvalue weighted by Gasteiger charge is 2.23. The van der Waals surface area contributed by atoms with Crippen LogP contribution in [0.2, 0.25) is 0 Å². The van der Waals surface area contributed by atoms with Crippen molar-refractivity contribution in [3.63, 3.8) is 0 Å². The summed E-state index contributed by atoms with van der Waals surface area (Å²) in [5.74, 6) is 0.948. The van der Waals surface area contributed by atoms with Gasteiger partial charge in [0.2, 0.25) is 0 Å². The molecule has 2 aromatic heterocycles. The Morgan fingerprint density at radius 3 is 2.42 bits per heavy atom. The fraction of sp³-hybridized carbons (Fsp3) is 0.478. The molecule has 8 nitrogen and oxygen atoms in total. The zero-order chi connectivity index (χ0) is 21.4. The molecule has 0 saturated carbocycles. The lowest BCUT2D eigenvalue weighted by Crippen LogP contribution is -2.21. The smallest absolute Gasteiger partial charge is 0.323 e. The van der Waals surface area contributed by atoms with Crippen LogP contribution in [0.1, 0.15) is 54.5 Å². The van der Waals surface area contributed by atoms with Crippen molar-refractivity contribution in [1.29, 1.82) is 0 Å². The van der Waals surface area contributed by atoms with Crippen LogP contribution in [0.3, 0.4) is 0 Å². The van der Waals surface area contributed by atoms with E-state index in [-0.39, 0.29) is 11.6 Å². The molecule has 4 heterocycles. The van der Waals surface area contributed by atoms with Gasteiger partial charge in [-0.2, -0.15) is 0 Å². The average molecular weight is 424 g/mol. The third kappa shape index (κ3) is 3.99. The molecule has 0 aliphatic carbocycles. The number of imidazole rings is 1. The number of hydrogen-bond donors (Lipinski definition) is 3. The first kappa shape index (κ1) is 19.9. The third-order valence-corrected chi connectivity index (χ3v) is 6.36. The second-order valence-corrected chi connectivity index (χ2v) is 8.54. The Kier molecular flexibility index (Phi) is 5.31. The van der Waals surface area contributed by atoms with Crippen molar-refractivity contribution in [1.82, 2.24) is 14.9 Å². The van der Waals surface area contributed by atoms with Gasteiger partial charge in [-0.05, 0) is 57.0 Å². The van der Waals surface area contributed by atoms with Gasteiger partial charge >= 0.3 is 5.69 Å². The van der Waals surface area contributed by atoms with Crippen LogP contribution < -0.4 is 15.9 Å². The molecule has 0 spiro atoms. The molecule has 2 aliphatic rings. The number of likely N-dealkylation sites (tertiary alicyclic amines) is 1. The summed E-state index contributed by atoms with van der Waals surface area (Å²) < 4.78 is 5.95. The number of furan rings is 1. The number of aromatic amines is 2. The number of nitrogens with one attached hydrogen (secondary N) is 3. The molecule has 1 aromatic carbocycles. The number of carbonyl (C=O) groups excluding carboxylic acids is 1. The number of amides is 1. The van der Waals surface area contributed by atoms with Gasteiger partial charge in [0.15, 0.2) is 5.76 Å². The summed E-state index contributed by atoms with van der Waals surface area (Å²) in [4.78, 5) is 35.1. The van der Waals surface area contributed by atoms with Crippen LogP contribution in [-0.2, 0) is 13.0 Å². The summed E-state index contributed by atoms with van der Waals surface area (Å²) in [5, 5.41) is 3.04. The monoisotopic (exact) mass is 423 g/mol. The van der Waals surface area contributed by atoms with E-state index in [9.17, 15) is 9.59 Å². The molecule has 0 bridgehead atoms. The van der Waals surface area contributed by atoms with Gasteiger partial charge in [0.25, 0.3) is 5.91 Å². The maximum Gasteiger partial charge on any atom is 0.323 e. The van der Waals surface area contributed by atoms with Gasteiger partial charge in [-0.1, -0.05) is 6.92 Å². The molecule has 2 fully saturated rings. The van der Waals surface area contributed by atoms with Crippen molar-refractivity contribution in [2.45, 2.75) is 45.6 Å². The highest BCUT2D eigenvalue weighted by molar-refractivity contribution is 6.06. The van der Waals surface area contributed by atoms with Crippen molar-refractivity contribution in [3.8, 4) is 0 Å². The molecule has 5 rings (SSSR count). The minimum absolute atomic E-state index is 0.254. The van der Waals surface area contributed by atoms with Crippen molar-refractivity contribution in [2.24, 2.45) is 0 Å². The van der Waals surface area contributed by atoms with Crippen LogP contribution in [-0.4, -0.2) is 47.0 Å². The normalized spacial score (nSPS) is 17.1. The van der Waals surface area contributed by atoms with Gasteiger partial charge in [-0.25, -0.2) is 4.79 Å². The lowest BCUT2D eigenvalue weighted by Gasteiger charge is -2.21. The van der Waals surface area contributed by atoms with Crippen LogP contribution in [0.5, 0.6) is 0 Å². The van der Waals surface area contributed by atoms with Crippen molar-refractivity contribution in [2.75, 3.05) is 36.4 Å². The number of carbonyl (C=O) groups is 1. The SMILES string of the molecule is CCc1oc(C(=O)Nc2cc3[nH]c(=O)[nH]c3cc2N2CCCC2)cc1CN1CCCC1. The maximum absolute atomic E-state index is 13.1. The number of H-pyrrole nitrogens is 2. The second-order valence-electron chi connectivity index (χ2n) is 8.54. The lowest BCUT2D eigenvalue weighted by molar-refractivity contribution is 0.0995. The Balaban J connectivity index is 1.43. The summed E-state index contributed by atoms with van der Waals surface area (Å²) in [6.07, 6.45) is 5.46. The Morgan fingerprint density at radius 2 is 1.71 bits per heavy atom. The van der Waals surface area contributed by atoms with Gasteiger partial charge < -0.3 is 24.6 Å². The van der Waals surface area contributed by atoms with E-state index in [1.165, 1.54) is 12.8 Å². The number of nitrogens with zero attached hydrogens (tertiary/aromatic N) is 2. The predicted octanol–water partition coefficient (Wildman–Crippen LogP) is 3.46. The van der Waals surface area contributed by atoms with E-state index in [0.29, 0.717) is 17.0 Å². The van der Waals surface area contributed by atoms with E-state index in [0.717, 1.165) is 74.5 Å². The predicted molar refractivity (Wildman–Crippen MR) is 121 cm³/mol. The minimum Gasteiger partial charge on any atom is -0.456 e. The summed E-state index contributed by atoms with van der Waals surface area (Å²) in [5.41, 5.74) is 3.87. The molecule has 0 radical (unpaired) electrons. The fourth-order valence-corrected chi connectivity index (χ4v) is 4.77. The molecular weight excluding hydrogens is 394 g/mol. The molecule has 31 heavy (non-hydrogen) atoms. The first-order valence-corrected chi connectivity index (χ1v) is 11.3. The van der Waals surface area contributed by atoms with E-state index in [4.69, 9.17) is 4.42 Å². The molecule has 3 aromatic rings. The van der Waals surface area contributed by atoms with Crippen molar-refractivity contribution < 1.29 is 9.21 Å². The molecule has 8 heteroatoms. The third-order valence-electron chi connectivity index (χ3n) is 6.36. The van der Waals surface area contributed by atoms with Gasteiger partial charge in [0.1, 0.15) is 5.76 Å². The maximum atomic E-state index is 13.1. The van der Waals surface area contributed by atoms with Crippen molar-refractivity contribution >= 4 is 28.3 Å². The Labute approximate surface area is 180 Å². The molecule has 3 N–H and O–H groups in total. The van der Waals surface area contributed by atoms with E-state index < -0.39 is 0 Å². The van der Waals surface area contributed by atoms with Crippen LogP contribution in [0.25, 0.3) is 11.0 Å². The number of fused-ring (bicyclic) bond motifs is 1. The minimum atomic E-state index is -0.264. The molecular formula is C23H29N5O3. The molecule has 164 valence electrons. The second kappa shape index (κ2) is 8.26. The topological polar surface area (TPSA) is 97.4 Å². The highest BCUT2D eigenvalue weighted by atomic mass is 16.4. The summed E-state index contributed by atoms with van der Waals surface area (Å²) in [7, 11) is 0. The Morgan fingerprint density at radius 1 is 1.03 bits per heavy atom. The van der Waals surface area contributed by atoms with Crippen LogP contribution >= 0.6 is 0 Å². The van der Waals surface area contributed by atoms with E-state index in [1.54, 1.807) is 0 Å². The standard InChI is InChI=1S/C23H29N5O3/c1-2-20-15(14-27-7-3-4-8-27)11-21(31-20)22(29)24-18-12-16-17(26-23(30)25-16)13-19(18)28-9-5-6-10-28/h11-13H,2-10,14H2,1H3,(H,24,29)(H2,25,26,30). The lowest BCUT2D eigenvalue weighted by atomic mass is 10.2. The first-order chi connectivity index (χ1) is 15.1. The molecule has 2 aliphatic heterocycles. The van der Waals surface area contributed by atoms with Gasteiger partial charge in [0, 0.05) is 31.6 Å². The van der Waals surface area contributed by atoms with Gasteiger partial charge in [-0.15, -0.1) is 0 Å². The number of anilines is 2. The van der Waals surface area contributed by atoms with Gasteiger partial charge in [-0.3, -0.25) is 9.69 Å². The van der Waals surface area contributed by atoms with Crippen molar-refractivity contribution in [3.05, 3.63) is 45.8 Å². The molecule has 1 amide bonds. The van der Waals surface area contributed by atoms with E-state index in [2.05, 4.69) is 32.0 Å². The molecule has 0 atom stereocenters. The largest absolute Gasteiger partial charge is 0.456 e.